The third kappa shape index (κ3) is 5.94. The second-order valence-electron chi connectivity index (χ2n) is 8.58. The lowest BCUT2D eigenvalue weighted by atomic mass is 10.0. The maximum absolute atomic E-state index is 13.4. The number of carbonyl (C=O) groups excluding carboxylic acids is 2. The van der Waals surface area contributed by atoms with E-state index in [9.17, 15) is 9.59 Å². The van der Waals surface area contributed by atoms with Gasteiger partial charge in [0.2, 0.25) is 11.8 Å². The molecule has 1 N–H and O–H groups in total. The molecule has 0 heterocycles. The highest BCUT2D eigenvalue weighted by Crippen LogP contribution is 2.20. The number of hydrogen-bond donors (Lipinski definition) is 1. The van der Waals surface area contributed by atoms with Crippen molar-refractivity contribution in [2.24, 2.45) is 0 Å². The van der Waals surface area contributed by atoms with E-state index < -0.39 is 6.04 Å². The summed E-state index contributed by atoms with van der Waals surface area (Å²) in [4.78, 5) is 28.2. The summed E-state index contributed by atoms with van der Waals surface area (Å²) >= 11 is 0. The Bertz CT molecular complexity index is 836. The third-order valence-electron chi connectivity index (χ3n) is 6.04. The van der Waals surface area contributed by atoms with Gasteiger partial charge >= 0.3 is 0 Å². The average Bonchev–Trinajstić information content (AvgIpc) is 3.24. The molecule has 1 saturated carbocycles. The van der Waals surface area contributed by atoms with E-state index in [1.165, 1.54) is 24.0 Å². The monoisotopic (exact) mass is 406 g/mol. The van der Waals surface area contributed by atoms with Gasteiger partial charge in [-0.25, -0.2) is 0 Å². The molecule has 0 saturated heterocycles. The predicted molar refractivity (Wildman–Crippen MR) is 121 cm³/mol. The zero-order chi connectivity index (χ0) is 21.5. The van der Waals surface area contributed by atoms with Crippen LogP contribution in [-0.2, 0) is 22.6 Å². The van der Waals surface area contributed by atoms with E-state index in [0.717, 1.165) is 24.0 Å². The van der Waals surface area contributed by atoms with Gasteiger partial charge in [0.15, 0.2) is 0 Å². The Labute approximate surface area is 180 Å². The highest BCUT2D eigenvalue weighted by atomic mass is 16.2. The molecular formula is C26H34N2O2. The number of amides is 2. The van der Waals surface area contributed by atoms with Gasteiger partial charge in [-0.15, -0.1) is 0 Å². The first-order valence-electron chi connectivity index (χ1n) is 11.2. The smallest absolute Gasteiger partial charge is 0.243 e. The van der Waals surface area contributed by atoms with Crippen molar-refractivity contribution in [1.82, 2.24) is 10.2 Å². The fourth-order valence-corrected chi connectivity index (χ4v) is 4.16. The summed E-state index contributed by atoms with van der Waals surface area (Å²) in [5.74, 6) is -0.0263. The Morgan fingerprint density at radius 2 is 1.47 bits per heavy atom. The molecule has 2 aromatic rings. The minimum absolute atomic E-state index is 0.00662. The third-order valence-corrected chi connectivity index (χ3v) is 6.04. The highest BCUT2D eigenvalue weighted by molar-refractivity contribution is 5.88. The number of nitrogens with one attached hydrogen (secondary N) is 1. The van der Waals surface area contributed by atoms with Crippen molar-refractivity contribution >= 4 is 11.8 Å². The molecule has 2 amide bonds. The number of carbonyl (C=O) groups is 2. The van der Waals surface area contributed by atoms with Crippen LogP contribution in [0.1, 0.15) is 61.3 Å². The van der Waals surface area contributed by atoms with Gasteiger partial charge in [0, 0.05) is 12.6 Å². The first-order chi connectivity index (χ1) is 14.5. The minimum atomic E-state index is -0.454. The lowest BCUT2D eigenvalue weighted by Gasteiger charge is -2.31. The topological polar surface area (TPSA) is 49.4 Å². The number of rotatable bonds is 8. The van der Waals surface area contributed by atoms with Crippen LogP contribution in [0.4, 0.5) is 0 Å². The van der Waals surface area contributed by atoms with Crippen molar-refractivity contribution < 1.29 is 9.59 Å². The Morgan fingerprint density at radius 1 is 0.933 bits per heavy atom. The number of aryl methyl sites for hydroxylation is 2. The molecule has 4 heteroatoms. The molecule has 160 valence electrons. The summed E-state index contributed by atoms with van der Waals surface area (Å²) in [5, 5.41) is 3.20. The van der Waals surface area contributed by atoms with Crippen LogP contribution in [-0.4, -0.2) is 28.8 Å². The molecule has 1 fully saturated rings. The van der Waals surface area contributed by atoms with Gasteiger partial charge in [-0.05, 0) is 44.2 Å². The second kappa shape index (κ2) is 10.4. The van der Waals surface area contributed by atoms with Gasteiger partial charge in [-0.2, -0.15) is 0 Å². The molecule has 0 spiro atoms. The van der Waals surface area contributed by atoms with Gasteiger partial charge < -0.3 is 10.2 Å². The molecule has 0 unspecified atom stereocenters. The summed E-state index contributed by atoms with van der Waals surface area (Å²) in [5.41, 5.74) is 4.38. The number of benzene rings is 2. The molecule has 30 heavy (non-hydrogen) atoms. The van der Waals surface area contributed by atoms with Gasteiger partial charge in [0.1, 0.15) is 6.04 Å². The fraction of sp³-hybridized carbons (Fsp3) is 0.462. The van der Waals surface area contributed by atoms with Gasteiger partial charge in [0.25, 0.3) is 0 Å². The minimum Gasteiger partial charge on any atom is -0.352 e. The van der Waals surface area contributed by atoms with E-state index in [2.05, 4.69) is 17.4 Å². The average molecular weight is 407 g/mol. The van der Waals surface area contributed by atoms with E-state index in [-0.39, 0.29) is 17.9 Å². The van der Waals surface area contributed by atoms with E-state index >= 15 is 0 Å². The van der Waals surface area contributed by atoms with Crippen LogP contribution >= 0.6 is 0 Å². The van der Waals surface area contributed by atoms with Crippen LogP contribution in [0.2, 0.25) is 0 Å². The van der Waals surface area contributed by atoms with Crippen LogP contribution in [0.5, 0.6) is 0 Å². The molecular weight excluding hydrogens is 372 g/mol. The molecule has 1 atom stereocenters. The molecule has 0 aliphatic heterocycles. The number of hydrogen-bond acceptors (Lipinski definition) is 2. The van der Waals surface area contributed by atoms with Crippen molar-refractivity contribution in [3.05, 3.63) is 70.8 Å². The predicted octanol–water partition coefficient (Wildman–Crippen LogP) is 4.71. The summed E-state index contributed by atoms with van der Waals surface area (Å²) in [6.45, 7) is 6.52. The molecule has 0 radical (unpaired) electrons. The van der Waals surface area contributed by atoms with Crippen LogP contribution in [0.15, 0.2) is 48.5 Å². The molecule has 0 bridgehead atoms. The lowest BCUT2D eigenvalue weighted by Crippen LogP contribution is -2.51. The quantitative estimate of drug-likeness (QED) is 0.690. The van der Waals surface area contributed by atoms with Crippen molar-refractivity contribution in [1.29, 1.82) is 0 Å². The lowest BCUT2D eigenvalue weighted by molar-refractivity contribution is -0.141. The molecule has 3 rings (SSSR count). The van der Waals surface area contributed by atoms with E-state index in [4.69, 9.17) is 0 Å². The Balaban J connectivity index is 1.80. The summed E-state index contributed by atoms with van der Waals surface area (Å²) in [7, 11) is 0. The van der Waals surface area contributed by atoms with Crippen molar-refractivity contribution in [2.45, 2.75) is 77.9 Å². The molecule has 2 aromatic carbocycles. The van der Waals surface area contributed by atoms with Gasteiger partial charge in [-0.3, -0.25) is 9.59 Å². The van der Waals surface area contributed by atoms with Crippen molar-refractivity contribution in [3.8, 4) is 0 Å². The standard InChI is InChI=1S/C26H34N2O2/c1-4-24(26(30)27-23-7-5-6-8-23)28(18-22-15-11-20(3)12-16-22)25(29)17-21-13-9-19(2)10-14-21/h9-16,23-24H,4-8,17-18H2,1-3H3,(H,27,30)/t24-/m0/s1. The van der Waals surface area contributed by atoms with E-state index in [0.29, 0.717) is 19.4 Å². The Hall–Kier alpha value is -2.62. The highest BCUT2D eigenvalue weighted by Gasteiger charge is 2.30. The van der Waals surface area contributed by atoms with Crippen molar-refractivity contribution in [3.63, 3.8) is 0 Å². The maximum Gasteiger partial charge on any atom is 0.243 e. The number of nitrogens with zero attached hydrogens (tertiary/aromatic N) is 1. The zero-order valence-electron chi connectivity index (χ0n) is 18.5. The largest absolute Gasteiger partial charge is 0.352 e. The van der Waals surface area contributed by atoms with Crippen LogP contribution in [0.25, 0.3) is 0 Å². The SMILES string of the molecule is CC[C@@H](C(=O)NC1CCCC1)N(Cc1ccc(C)cc1)C(=O)Cc1ccc(C)cc1. The van der Waals surface area contributed by atoms with E-state index in [1.54, 1.807) is 4.90 Å². The molecule has 1 aliphatic carbocycles. The van der Waals surface area contributed by atoms with Gasteiger partial charge in [-0.1, -0.05) is 79.4 Å². The zero-order valence-corrected chi connectivity index (χ0v) is 18.5. The molecule has 4 nitrogen and oxygen atoms in total. The molecule has 1 aliphatic rings. The first kappa shape index (κ1) is 22.1. The van der Waals surface area contributed by atoms with Crippen LogP contribution in [0, 0.1) is 13.8 Å². The second-order valence-corrected chi connectivity index (χ2v) is 8.58. The Kier molecular flexibility index (Phi) is 7.67. The van der Waals surface area contributed by atoms with Crippen LogP contribution in [0.3, 0.4) is 0 Å². The Morgan fingerprint density at radius 3 is 2.00 bits per heavy atom. The van der Waals surface area contributed by atoms with Gasteiger partial charge in [0.05, 0.1) is 6.42 Å². The summed E-state index contributed by atoms with van der Waals surface area (Å²) in [6, 6.07) is 16.0. The summed E-state index contributed by atoms with van der Waals surface area (Å²) < 4.78 is 0. The van der Waals surface area contributed by atoms with E-state index in [1.807, 2.05) is 57.2 Å². The fourth-order valence-electron chi connectivity index (χ4n) is 4.16. The van der Waals surface area contributed by atoms with Crippen molar-refractivity contribution in [2.75, 3.05) is 0 Å². The summed E-state index contributed by atoms with van der Waals surface area (Å²) in [6.07, 6.45) is 5.32. The molecule has 0 aromatic heterocycles. The normalized spacial score (nSPS) is 15.0. The van der Waals surface area contributed by atoms with Crippen LogP contribution < -0.4 is 5.32 Å². The maximum atomic E-state index is 13.4. The first-order valence-corrected chi connectivity index (χ1v) is 11.2.